The number of allylic oxidation sites excluding steroid dienone is 6. The first-order valence-electron chi connectivity index (χ1n) is 4.37. The molecule has 0 atom stereocenters. The summed E-state index contributed by atoms with van der Waals surface area (Å²) in [7, 11) is 0. The van der Waals surface area contributed by atoms with Crippen molar-refractivity contribution in [3.05, 3.63) is 36.5 Å². The van der Waals surface area contributed by atoms with E-state index >= 15 is 0 Å². The molecule has 1 rings (SSSR count). The largest absolute Gasteiger partial charge is 0.0845 e. The summed E-state index contributed by atoms with van der Waals surface area (Å²) in [5.41, 5.74) is 0. The molecule has 0 spiro atoms. The molecule has 0 aromatic carbocycles. The Labute approximate surface area is 69.3 Å². The highest BCUT2D eigenvalue weighted by molar-refractivity contribution is 5.03. The first-order chi connectivity index (χ1) is 5.50. The lowest BCUT2D eigenvalue weighted by atomic mass is 10.2. The number of hydrogen-bond acceptors (Lipinski definition) is 0. The Hall–Kier alpha value is -0.780. The first-order valence-corrected chi connectivity index (χ1v) is 4.37. The molecule has 0 amide bonds. The Kier molecular flexibility index (Phi) is 4.51. The van der Waals surface area contributed by atoms with Gasteiger partial charge in [-0.15, -0.1) is 0 Å². The fourth-order valence-electron chi connectivity index (χ4n) is 1.06. The SMILES string of the molecule is [C]1=CCCC=CC=CCCC1. The molecule has 0 saturated carbocycles. The molecule has 0 saturated heterocycles. The van der Waals surface area contributed by atoms with E-state index in [1.807, 2.05) is 0 Å². The minimum atomic E-state index is 1.12. The van der Waals surface area contributed by atoms with E-state index in [9.17, 15) is 0 Å². The topological polar surface area (TPSA) is 0 Å². The third-order valence-corrected chi connectivity index (χ3v) is 1.70. The maximum Gasteiger partial charge on any atom is -0.0276 e. The third kappa shape index (κ3) is 4.60. The van der Waals surface area contributed by atoms with Crippen LogP contribution < -0.4 is 0 Å². The standard InChI is InChI=1S/C11H15/c1-2-4-6-8-10-11-9-7-5-3-1/h1-4,9H,5-8,10H2. The molecule has 0 heteroatoms. The summed E-state index contributed by atoms with van der Waals surface area (Å²) in [5.74, 6) is 0. The highest BCUT2D eigenvalue weighted by atomic mass is 13.9. The third-order valence-electron chi connectivity index (χ3n) is 1.70. The predicted molar refractivity (Wildman–Crippen MR) is 49.2 cm³/mol. The lowest BCUT2D eigenvalue weighted by Gasteiger charge is -1.87. The van der Waals surface area contributed by atoms with E-state index in [1.165, 1.54) is 12.8 Å². The maximum absolute atomic E-state index is 3.29. The van der Waals surface area contributed by atoms with Crippen molar-refractivity contribution in [2.24, 2.45) is 0 Å². The molecule has 0 fully saturated rings. The van der Waals surface area contributed by atoms with Crippen LogP contribution >= 0.6 is 0 Å². The number of rotatable bonds is 0. The minimum absolute atomic E-state index is 1.12. The summed E-state index contributed by atoms with van der Waals surface area (Å²) >= 11 is 0. The molecular formula is C11H15. The van der Waals surface area contributed by atoms with Crippen LogP contribution in [0.15, 0.2) is 30.4 Å². The second-order valence-corrected chi connectivity index (χ2v) is 2.73. The average Bonchev–Trinajstić information content (AvgIpc) is 2.08. The van der Waals surface area contributed by atoms with Crippen molar-refractivity contribution in [2.75, 3.05) is 0 Å². The predicted octanol–water partition coefficient (Wildman–Crippen LogP) is 3.42. The fraction of sp³-hybridized carbons (Fsp3) is 0.455. The highest BCUT2D eigenvalue weighted by Gasteiger charge is 1.82. The van der Waals surface area contributed by atoms with E-state index in [0.29, 0.717) is 0 Å². The van der Waals surface area contributed by atoms with Crippen LogP contribution in [0.2, 0.25) is 0 Å². The van der Waals surface area contributed by atoms with Gasteiger partial charge in [0.15, 0.2) is 0 Å². The van der Waals surface area contributed by atoms with Crippen molar-refractivity contribution in [3.8, 4) is 0 Å². The molecule has 1 aliphatic rings. The van der Waals surface area contributed by atoms with Gasteiger partial charge in [0.25, 0.3) is 0 Å². The monoisotopic (exact) mass is 147 g/mol. The quantitative estimate of drug-likeness (QED) is 0.492. The van der Waals surface area contributed by atoms with E-state index in [2.05, 4.69) is 36.5 Å². The molecule has 11 heavy (non-hydrogen) atoms. The highest BCUT2D eigenvalue weighted by Crippen LogP contribution is 2.01. The van der Waals surface area contributed by atoms with E-state index in [-0.39, 0.29) is 0 Å². The van der Waals surface area contributed by atoms with Crippen molar-refractivity contribution in [3.63, 3.8) is 0 Å². The van der Waals surface area contributed by atoms with Crippen LogP contribution in [0, 0.1) is 6.08 Å². The van der Waals surface area contributed by atoms with E-state index < -0.39 is 0 Å². The zero-order chi connectivity index (χ0) is 7.78. The molecule has 1 radical (unpaired) electrons. The summed E-state index contributed by atoms with van der Waals surface area (Å²) < 4.78 is 0. The van der Waals surface area contributed by atoms with Gasteiger partial charge in [-0.05, 0) is 38.2 Å². The summed E-state index contributed by atoms with van der Waals surface area (Å²) in [5, 5.41) is 0. The van der Waals surface area contributed by atoms with E-state index in [1.54, 1.807) is 0 Å². The second kappa shape index (κ2) is 5.96. The van der Waals surface area contributed by atoms with Gasteiger partial charge in [-0.25, -0.2) is 0 Å². The molecular weight excluding hydrogens is 132 g/mol. The van der Waals surface area contributed by atoms with Gasteiger partial charge in [0.2, 0.25) is 0 Å². The summed E-state index contributed by atoms with van der Waals surface area (Å²) in [6.07, 6.45) is 20.0. The first kappa shape index (κ1) is 8.32. The van der Waals surface area contributed by atoms with Crippen molar-refractivity contribution in [2.45, 2.75) is 32.1 Å². The van der Waals surface area contributed by atoms with Gasteiger partial charge in [-0.2, -0.15) is 0 Å². The normalized spacial score (nSPS) is 19.6. The molecule has 0 N–H and O–H groups in total. The molecule has 0 nitrogen and oxygen atoms in total. The molecule has 59 valence electrons. The lowest BCUT2D eigenvalue weighted by Crippen LogP contribution is -1.69. The van der Waals surface area contributed by atoms with Crippen LogP contribution in [0.1, 0.15) is 32.1 Å². The Bertz CT molecular complexity index is 161. The summed E-state index contributed by atoms with van der Waals surface area (Å²) in [6, 6.07) is 0. The smallest absolute Gasteiger partial charge is 0.0276 e. The summed E-state index contributed by atoms with van der Waals surface area (Å²) in [6.45, 7) is 0. The van der Waals surface area contributed by atoms with Gasteiger partial charge in [0.05, 0.1) is 0 Å². The van der Waals surface area contributed by atoms with Crippen LogP contribution in [0.4, 0.5) is 0 Å². The van der Waals surface area contributed by atoms with E-state index in [4.69, 9.17) is 0 Å². The van der Waals surface area contributed by atoms with Gasteiger partial charge < -0.3 is 0 Å². The van der Waals surface area contributed by atoms with Gasteiger partial charge in [0.1, 0.15) is 0 Å². The van der Waals surface area contributed by atoms with Gasteiger partial charge in [-0.3, -0.25) is 0 Å². The van der Waals surface area contributed by atoms with Crippen LogP contribution in [0.3, 0.4) is 0 Å². The zero-order valence-electron chi connectivity index (χ0n) is 6.92. The van der Waals surface area contributed by atoms with Gasteiger partial charge in [-0.1, -0.05) is 30.4 Å². The lowest BCUT2D eigenvalue weighted by molar-refractivity contribution is 0.849. The average molecular weight is 147 g/mol. The Balaban J connectivity index is 2.34. The maximum atomic E-state index is 3.29. The van der Waals surface area contributed by atoms with Crippen LogP contribution in [0.5, 0.6) is 0 Å². The molecule has 0 aliphatic heterocycles. The Morgan fingerprint density at radius 3 is 2.64 bits per heavy atom. The zero-order valence-corrected chi connectivity index (χ0v) is 6.92. The van der Waals surface area contributed by atoms with Gasteiger partial charge in [0, 0.05) is 0 Å². The molecule has 0 heterocycles. The Morgan fingerprint density at radius 1 is 0.909 bits per heavy atom. The van der Waals surface area contributed by atoms with Crippen LogP contribution in [0.25, 0.3) is 0 Å². The van der Waals surface area contributed by atoms with Crippen molar-refractivity contribution < 1.29 is 0 Å². The number of hydrogen-bond donors (Lipinski definition) is 0. The van der Waals surface area contributed by atoms with Crippen molar-refractivity contribution in [1.82, 2.24) is 0 Å². The molecule has 1 aliphatic carbocycles. The molecule has 0 aromatic heterocycles. The van der Waals surface area contributed by atoms with Crippen molar-refractivity contribution >= 4 is 0 Å². The second-order valence-electron chi connectivity index (χ2n) is 2.73. The minimum Gasteiger partial charge on any atom is -0.0845 e. The molecule has 0 bridgehead atoms. The Morgan fingerprint density at radius 2 is 1.73 bits per heavy atom. The van der Waals surface area contributed by atoms with E-state index in [0.717, 1.165) is 19.3 Å². The van der Waals surface area contributed by atoms with Gasteiger partial charge >= 0.3 is 0 Å². The van der Waals surface area contributed by atoms with Crippen LogP contribution in [-0.4, -0.2) is 0 Å². The van der Waals surface area contributed by atoms with Crippen molar-refractivity contribution in [1.29, 1.82) is 0 Å². The fourth-order valence-corrected chi connectivity index (χ4v) is 1.06. The van der Waals surface area contributed by atoms with Crippen LogP contribution in [-0.2, 0) is 0 Å². The molecule has 0 unspecified atom stereocenters. The summed E-state index contributed by atoms with van der Waals surface area (Å²) in [4.78, 5) is 0. The molecule has 0 aromatic rings.